The standard InChI is InChI=1S/C22H25N3O4S.C16H19BrN2O2/c1-3-7-18-14-20(22(26)29-4-2)24-25(18)15-16-10-12-17(13-11-16)19-8-5-6-9-21(19)30(23,27)28;1-3-5-14-10-15(16(20)21-4-2)18-19(14)11-12-6-8-13(17)9-7-12/h5-6,8-14H,3-4,7,15H2,1-2H3,(H2,23,27,28);6-10H,3-5,11H2,1-2H3. The molecule has 0 amide bonds. The number of benzene rings is 3. The number of carbonyl (C=O) groups excluding carboxylic acids is 2. The first-order chi connectivity index (χ1) is 24.5. The van der Waals surface area contributed by atoms with Crippen molar-refractivity contribution < 1.29 is 27.5 Å². The van der Waals surface area contributed by atoms with Gasteiger partial charge in [0.05, 0.1) is 31.2 Å². The molecule has 0 aliphatic carbocycles. The number of nitrogens with two attached hydrogens (primary N) is 1. The van der Waals surface area contributed by atoms with Crippen LogP contribution in [0.25, 0.3) is 11.1 Å². The molecule has 5 rings (SSSR count). The molecule has 2 aromatic heterocycles. The van der Waals surface area contributed by atoms with Crippen molar-refractivity contribution in [3.05, 3.63) is 123 Å². The fraction of sp³-hybridized carbons (Fsp3) is 0.316. The van der Waals surface area contributed by atoms with Gasteiger partial charge in [-0.15, -0.1) is 0 Å². The fourth-order valence-corrected chi connectivity index (χ4v) is 6.41. The van der Waals surface area contributed by atoms with Gasteiger partial charge in [-0.25, -0.2) is 23.1 Å². The third-order valence-electron chi connectivity index (χ3n) is 7.74. The number of ether oxygens (including phenoxy) is 2. The molecule has 0 aliphatic rings. The zero-order valence-electron chi connectivity index (χ0n) is 29.3. The maximum Gasteiger partial charge on any atom is 0.358 e. The molecule has 0 atom stereocenters. The smallest absolute Gasteiger partial charge is 0.358 e. The Morgan fingerprint density at radius 1 is 0.706 bits per heavy atom. The van der Waals surface area contributed by atoms with Gasteiger partial charge in [-0.05, 0) is 73.7 Å². The van der Waals surface area contributed by atoms with Crippen LogP contribution in [0.3, 0.4) is 0 Å². The number of hydrogen-bond donors (Lipinski definition) is 1. The zero-order valence-corrected chi connectivity index (χ0v) is 31.7. The number of primary sulfonamides is 1. The van der Waals surface area contributed by atoms with E-state index in [4.69, 9.17) is 14.6 Å². The van der Waals surface area contributed by atoms with Gasteiger partial charge in [0.25, 0.3) is 0 Å². The second kappa shape index (κ2) is 18.6. The maximum absolute atomic E-state index is 12.0. The van der Waals surface area contributed by atoms with Gasteiger partial charge < -0.3 is 9.47 Å². The van der Waals surface area contributed by atoms with E-state index in [1.54, 1.807) is 38.1 Å². The maximum atomic E-state index is 12.0. The molecule has 0 aliphatic heterocycles. The summed E-state index contributed by atoms with van der Waals surface area (Å²) < 4.78 is 38.6. The Morgan fingerprint density at radius 2 is 1.16 bits per heavy atom. The Morgan fingerprint density at radius 3 is 1.59 bits per heavy atom. The van der Waals surface area contributed by atoms with E-state index >= 15 is 0 Å². The van der Waals surface area contributed by atoms with Crippen molar-refractivity contribution in [2.45, 2.75) is 71.4 Å². The molecule has 0 saturated heterocycles. The van der Waals surface area contributed by atoms with Crippen LogP contribution in [0.2, 0.25) is 0 Å². The molecule has 0 bridgehead atoms. The Hall–Kier alpha value is -4.59. The van der Waals surface area contributed by atoms with E-state index < -0.39 is 16.0 Å². The number of aromatic nitrogens is 4. The van der Waals surface area contributed by atoms with Crippen molar-refractivity contribution in [1.29, 1.82) is 0 Å². The molecule has 0 radical (unpaired) electrons. The average molecular weight is 779 g/mol. The lowest BCUT2D eigenvalue weighted by Gasteiger charge is -2.10. The number of nitrogens with zero attached hydrogens (tertiary/aromatic N) is 4. The van der Waals surface area contributed by atoms with Crippen LogP contribution in [0.1, 0.15) is 84.0 Å². The van der Waals surface area contributed by atoms with Crippen LogP contribution in [0.5, 0.6) is 0 Å². The van der Waals surface area contributed by atoms with Gasteiger partial charge in [0.2, 0.25) is 10.0 Å². The van der Waals surface area contributed by atoms with Gasteiger partial charge in [-0.3, -0.25) is 9.36 Å². The summed E-state index contributed by atoms with van der Waals surface area (Å²) in [6, 6.07) is 25.9. The zero-order chi connectivity index (χ0) is 37.0. The van der Waals surface area contributed by atoms with Gasteiger partial charge in [0.15, 0.2) is 11.4 Å². The van der Waals surface area contributed by atoms with Crippen LogP contribution >= 0.6 is 15.9 Å². The van der Waals surface area contributed by atoms with Crippen LogP contribution in [0.15, 0.2) is 94.3 Å². The summed E-state index contributed by atoms with van der Waals surface area (Å²) in [4.78, 5) is 23.9. The number of sulfonamides is 1. The molecular formula is C38H44BrN5O6S. The van der Waals surface area contributed by atoms with E-state index in [0.29, 0.717) is 43.3 Å². The number of halogens is 1. The first-order valence-corrected chi connectivity index (χ1v) is 19.2. The number of aryl methyl sites for hydroxylation is 2. The highest BCUT2D eigenvalue weighted by Crippen LogP contribution is 2.27. The highest BCUT2D eigenvalue weighted by Gasteiger charge is 2.18. The molecule has 270 valence electrons. The van der Waals surface area contributed by atoms with Crippen LogP contribution < -0.4 is 5.14 Å². The summed E-state index contributed by atoms with van der Waals surface area (Å²) in [7, 11) is -3.82. The molecule has 51 heavy (non-hydrogen) atoms. The third kappa shape index (κ3) is 10.9. The monoisotopic (exact) mass is 777 g/mol. The molecule has 2 N–H and O–H groups in total. The lowest BCUT2D eigenvalue weighted by molar-refractivity contribution is 0.0509. The van der Waals surface area contributed by atoms with Crippen molar-refractivity contribution in [2.24, 2.45) is 5.14 Å². The van der Waals surface area contributed by atoms with Crippen molar-refractivity contribution in [3.63, 3.8) is 0 Å². The second-order valence-corrected chi connectivity index (χ2v) is 14.1. The molecular weight excluding hydrogens is 734 g/mol. The lowest BCUT2D eigenvalue weighted by atomic mass is 10.0. The SMILES string of the molecule is CCCc1cc(C(=O)OCC)nn1Cc1ccc(-c2ccccc2S(N)(=O)=O)cc1.CCCc1cc(C(=O)OCC)nn1Cc1ccc(Br)cc1. The summed E-state index contributed by atoms with van der Waals surface area (Å²) in [5.41, 5.74) is 6.15. The van der Waals surface area contributed by atoms with E-state index in [0.717, 1.165) is 58.2 Å². The summed E-state index contributed by atoms with van der Waals surface area (Å²) in [5.74, 6) is -0.784. The van der Waals surface area contributed by atoms with Crippen LogP contribution in [0, 0.1) is 0 Å². The summed E-state index contributed by atoms with van der Waals surface area (Å²) >= 11 is 3.43. The molecule has 0 unspecified atom stereocenters. The topological polar surface area (TPSA) is 148 Å². The molecule has 0 fully saturated rings. The third-order valence-corrected chi connectivity index (χ3v) is 9.24. The van der Waals surface area contributed by atoms with Crippen molar-refractivity contribution in [1.82, 2.24) is 19.6 Å². The predicted molar refractivity (Wildman–Crippen MR) is 200 cm³/mol. The van der Waals surface area contributed by atoms with Gasteiger partial charge in [0.1, 0.15) is 0 Å². The normalized spacial score (nSPS) is 11.1. The molecule has 2 heterocycles. The lowest BCUT2D eigenvalue weighted by Crippen LogP contribution is -2.13. The Kier molecular flexibility index (Phi) is 14.3. The average Bonchev–Trinajstić information content (AvgIpc) is 3.70. The minimum absolute atomic E-state index is 0.0918. The van der Waals surface area contributed by atoms with Crippen molar-refractivity contribution in [3.8, 4) is 11.1 Å². The van der Waals surface area contributed by atoms with Crippen molar-refractivity contribution in [2.75, 3.05) is 13.2 Å². The number of esters is 2. The number of rotatable bonds is 14. The highest BCUT2D eigenvalue weighted by molar-refractivity contribution is 9.10. The van der Waals surface area contributed by atoms with Gasteiger partial charge in [0, 0.05) is 21.4 Å². The largest absolute Gasteiger partial charge is 0.461 e. The predicted octanol–water partition coefficient (Wildman–Crippen LogP) is 7.20. The minimum Gasteiger partial charge on any atom is -0.461 e. The van der Waals surface area contributed by atoms with Gasteiger partial charge in [-0.2, -0.15) is 10.2 Å². The summed E-state index contributed by atoms with van der Waals surface area (Å²) in [6.07, 6.45) is 3.63. The van der Waals surface area contributed by atoms with Crippen LogP contribution in [-0.4, -0.2) is 53.1 Å². The van der Waals surface area contributed by atoms with Gasteiger partial charge >= 0.3 is 11.9 Å². The molecule has 13 heteroatoms. The summed E-state index contributed by atoms with van der Waals surface area (Å²) in [5, 5.41) is 14.2. The first kappa shape index (κ1) is 39.2. The Balaban J connectivity index is 0.000000244. The minimum atomic E-state index is -3.82. The first-order valence-electron chi connectivity index (χ1n) is 16.9. The van der Waals surface area contributed by atoms with E-state index in [-0.39, 0.29) is 10.9 Å². The molecule has 11 nitrogen and oxygen atoms in total. The van der Waals surface area contributed by atoms with Gasteiger partial charge in [-0.1, -0.05) is 97.2 Å². The van der Waals surface area contributed by atoms with Crippen LogP contribution in [-0.2, 0) is 45.4 Å². The fourth-order valence-electron chi connectivity index (χ4n) is 5.39. The van der Waals surface area contributed by atoms with E-state index in [2.05, 4.69) is 40.0 Å². The van der Waals surface area contributed by atoms with Crippen molar-refractivity contribution >= 4 is 37.9 Å². The number of carbonyl (C=O) groups is 2. The van der Waals surface area contributed by atoms with E-state index in [1.807, 2.05) is 64.0 Å². The molecule has 3 aromatic carbocycles. The second-order valence-electron chi connectivity index (χ2n) is 11.7. The van der Waals surface area contributed by atoms with E-state index in [1.165, 1.54) is 6.07 Å². The van der Waals surface area contributed by atoms with E-state index in [9.17, 15) is 18.0 Å². The Labute approximate surface area is 308 Å². The Bertz CT molecular complexity index is 2020. The molecule has 5 aromatic rings. The highest BCUT2D eigenvalue weighted by atomic mass is 79.9. The number of hydrogen-bond acceptors (Lipinski definition) is 8. The molecule has 0 saturated carbocycles. The summed E-state index contributed by atoms with van der Waals surface area (Å²) in [6.45, 7) is 9.55. The quantitative estimate of drug-likeness (QED) is 0.117. The molecule has 0 spiro atoms. The van der Waals surface area contributed by atoms with Crippen LogP contribution in [0.4, 0.5) is 0 Å².